The number of rotatable bonds is 3. The highest BCUT2D eigenvalue weighted by molar-refractivity contribution is 5.80. The van der Waals surface area contributed by atoms with Crippen LogP contribution in [0.25, 0.3) is 17.2 Å². The monoisotopic (exact) mass is 377 g/mol. The van der Waals surface area contributed by atoms with Gasteiger partial charge in [-0.1, -0.05) is 0 Å². The van der Waals surface area contributed by atoms with E-state index in [4.69, 9.17) is 10.5 Å². The molecule has 5 rings (SSSR count). The molecule has 0 aliphatic carbocycles. The third-order valence-electron chi connectivity index (χ3n) is 5.34. The highest BCUT2D eigenvalue weighted by Gasteiger charge is 2.19. The second-order valence-corrected chi connectivity index (χ2v) is 7.36. The lowest BCUT2D eigenvalue weighted by atomic mass is 10.1. The summed E-state index contributed by atoms with van der Waals surface area (Å²) < 4.78 is 6.05. The molecule has 0 radical (unpaired) electrons. The number of ether oxygens (including phenoxy) is 1. The molecule has 28 heavy (non-hydrogen) atoms. The van der Waals surface area contributed by atoms with Gasteiger partial charge in [0.2, 0.25) is 5.88 Å². The summed E-state index contributed by atoms with van der Waals surface area (Å²) in [7, 11) is 2.14. The first-order valence-electron chi connectivity index (χ1n) is 9.55. The van der Waals surface area contributed by atoms with Crippen molar-refractivity contribution in [3.05, 3.63) is 47.4 Å². The third-order valence-corrected chi connectivity index (χ3v) is 5.34. The molecule has 0 saturated carbocycles. The fourth-order valence-corrected chi connectivity index (χ4v) is 3.71. The molecule has 8 nitrogen and oxygen atoms in total. The number of nitrogens with zero attached hydrogens (tertiary/aromatic N) is 5. The van der Waals surface area contributed by atoms with Crippen LogP contribution in [0, 0.1) is 0 Å². The second kappa shape index (κ2) is 6.88. The number of fused-ring (bicyclic) bond motifs is 2. The van der Waals surface area contributed by atoms with Crippen molar-refractivity contribution in [3.8, 4) is 5.88 Å². The van der Waals surface area contributed by atoms with Gasteiger partial charge in [0.05, 0.1) is 17.2 Å². The van der Waals surface area contributed by atoms with Gasteiger partial charge in [0, 0.05) is 36.4 Å². The molecule has 4 heterocycles. The van der Waals surface area contributed by atoms with Crippen molar-refractivity contribution in [2.75, 3.05) is 25.0 Å². The van der Waals surface area contributed by atoms with Crippen molar-refractivity contribution < 1.29 is 4.74 Å². The van der Waals surface area contributed by atoms with Crippen molar-refractivity contribution in [2.45, 2.75) is 25.2 Å². The van der Waals surface area contributed by atoms with Crippen molar-refractivity contribution in [2.24, 2.45) is 10.7 Å². The third kappa shape index (κ3) is 3.21. The molecule has 1 saturated heterocycles. The molecule has 1 fully saturated rings. The Morgan fingerprint density at radius 3 is 2.89 bits per heavy atom. The molecular weight excluding hydrogens is 354 g/mol. The summed E-state index contributed by atoms with van der Waals surface area (Å²) in [5.74, 6) is 0.586. The molecule has 3 N–H and O–H groups in total. The molecule has 2 aliphatic rings. The van der Waals surface area contributed by atoms with Gasteiger partial charge in [0.1, 0.15) is 11.6 Å². The van der Waals surface area contributed by atoms with E-state index in [1.807, 2.05) is 41.6 Å². The molecule has 0 spiro atoms. The number of aromatic amines is 1. The molecule has 144 valence electrons. The maximum atomic E-state index is 6.22. The average Bonchev–Trinajstić information content (AvgIpc) is 3.16. The molecule has 3 aromatic rings. The summed E-state index contributed by atoms with van der Waals surface area (Å²) in [5, 5.41) is 1.01. The van der Waals surface area contributed by atoms with Crippen LogP contribution in [0.3, 0.4) is 0 Å². The Balaban J connectivity index is 1.40. The number of anilines is 1. The lowest BCUT2D eigenvalue weighted by Crippen LogP contribution is -2.46. The maximum Gasteiger partial charge on any atom is 0.233 e. The molecule has 0 bridgehead atoms. The fraction of sp³-hybridized carbons (Fsp3) is 0.350. The largest absolute Gasteiger partial charge is 0.473 e. The van der Waals surface area contributed by atoms with E-state index in [9.17, 15) is 0 Å². The first-order valence-corrected chi connectivity index (χ1v) is 9.55. The minimum Gasteiger partial charge on any atom is -0.473 e. The first kappa shape index (κ1) is 17.2. The van der Waals surface area contributed by atoms with Gasteiger partial charge in [-0.25, -0.2) is 15.0 Å². The molecular formula is C20H23N7O. The van der Waals surface area contributed by atoms with Gasteiger partial charge in [0.15, 0.2) is 6.29 Å². The Kier molecular flexibility index (Phi) is 4.22. The number of likely N-dealkylation sites (tertiary alicyclic amines) is 1. The van der Waals surface area contributed by atoms with E-state index in [1.54, 1.807) is 6.20 Å². The molecule has 2 aliphatic heterocycles. The zero-order valence-electron chi connectivity index (χ0n) is 15.7. The number of hydrogen-bond acceptors (Lipinski definition) is 7. The average molecular weight is 377 g/mol. The molecule has 1 atom stereocenters. The van der Waals surface area contributed by atoms with Gasteiger partial charge in [-0.2, -0.15) is 0 Å². The van der Waals surface area contributed by atoms with Crippen molar-refractivity contribution in [1.29, 1.82) is 0 Å². The standard InChI is InChI=1S/C20H23N7O/c1-26-8-5-15(6-9-26)28-18-11-23-17-10-14(2-3-16(17)24-18)27-12-13-4-7-22-19(13)25-20(27)21/h2-4,7,10-12,15,20H,5-6,8-9,21H2,1H3,(H,22,25). The Morgan fingerprint density at radius 1 is 1.18 bits per heavy atom. The van der Waals surface area contributed by atoms with E-state index in [2.05, 4.69) is 31.9 Å². The van der Waals surface area contributed by atoms with E-state index >= 15 is 0 Å². The second-order valence-electron chi connectivity index (χ2n) is 7.36. The normalized spacial score (nSPS) is 20.5. The predicted molar refractivity (Wildman–Crippen MR) is 107 cm³/mol. The van der Waals surface area contributed by atoms with E-state index in [1.165, 1.54) is 0 Å². The lowest BCUT2D eigenvalue weighted by Gasteiger charge is -2.28. The maximum absolute atomic E-state index is 6.22. The van der Waals surface area contributed by atoms with Crippen LogP contribution in [0.15, 0.2) is 41.7 Å². The van der Waals surface area contributed by atoms with Crippen LogP contribution in [0.5, 0.6) is 5.88 Å². The van der Waals surface area contributed by atoms with Crippen LogP contribution >= 0.6 is 0 Å². The van der Waals surface area contributed by atoms with Crippen LogP contribution in [0.1, 0.15) is 12.8 Å². The highest BCUT2D eigenvalue weighted by Crippen LogP contribution is 2.24. The van der Waals surface area contributed by atoms with Crippen LogP contribution in [0.2, 0.25) is 0 Å². The minimum absolute atomic E-state index is 0.209. The molecule has 8 heteroatoms. The SMILES string of the molecule is CN1CCC(Oc2cnc3cc(N4C=c5cc[nH]c5=NC4N)ccc3n2)CC1. The molecule has 1 unspecified atom stereocenters. The zero-order valence-corrected chi connectivity index (χ0v) is 15.7. The quantitative estimate of drug-likeness (QED) is 0.692. The van der Waals surface area contributed by atoms with Crippen LogP contribution in [-0.4, -0.2) is 52.4 Å². The first-order chi connectivity index (χ1) is 13.7. The zero-order chi connectivity index (χ0) is 19.1. The van der Waals surface area contributed by atoms with Crippen LogP contribution in [0.4, 0.5) is 5.69 Å². The van der Waals surface area contributed by atoms with E-state index in [-0.39, 0.29) is 6.10 Å². The predicted octanol–water partition coefficient (Wildman–Crippen LogP) is 0.551. The Bertz CT molecular complexity index is 1120. The summed E-state index contributed by atoms with van der Waals surface area (Å²) >= 11 is 0. The Hall–Kier alpha value is -2.97. The number of nitrogens with one attached hydrogen (secondary N) is 1. The van der Waals surface area contributed by atoms with Crippen molar-refractivity contribution >= 4 is 22.9 Å². The van der Waals surface area contributed by atoms with Crippen molar-refractivity contribution in [1.82, 2.24) is 19.9 Å². The van der Waals surface area contributed by atoms with E-state index < -0.39 is 6.29 Å². The van der Waals surface area contributed by atoms with Crippen LogP contribution in [-0.2, 0) is 0 Å². The highest BCUT2D eigenvalue weighted by atomic mass is 16.5. The minimum atomic E-state index is -0.483. The number of aromatic nitrogens is 3. The lowest BCUT2D eigenvalue weighted by molar-refractivity contribution is 0.110. The smallest absolute Gasteiger partial charge is 0.233 e. The van der Waals surface area contributed by atoms with Gasteiger partial charge in [-0.05, 0) is 44.2 Å². The molecule has 2 aromatic heterocycles. The van der Waals surface area contributed by atoms with Gasteiger partial charge in [0.25, 0.3) is 0 Å². The summed E-state index contributed by atoms with van der Waals surface area (Å²) in [5.41, 5.74) is 9.55. The number of nitrogens with two attached hydrogens (primary N) is 1. The molecule has 0 amide bonds. The number of hydrogen-bond donors (Lipinski definition) is 2. The van der Waals surface area contributed by atoms with E-state index in [0.717, 1.165) is 53.4 Å². The molecule has 1 aromatic carbocycles. The summed E-state index contributed by atoms with van der Waals surface area (Å²) in [6.07, 6.45) is 7.32. The van der Waals surface area contributed by atoms with Gasteiger partial charge >= 0.3 is 0 Å². The number of H-pyrrole nitrogens is 1. The van der Waals surface area contributed by atoms with Crippen molar-refractivity contribution in [3.63, 3.8) is 0 Å². The summed E-state index contributed by atoms with van der Waals surface area (Å²) in [4.78, 5) is 21.0. The van der Waals surface area contributed by atoms with Gasteiger partial charge in [-0.3, -0.25) is 5.73 Å². The summed E-state index contributed by atoms with van der Waals surface area (Å²) in [6.45, 7) is 2.10. The fourth-order valence-electron chi connectivity index (χ4n) is 3.71. The Labute approximate surface area is 162 Å². The Morgan fingerprint density at radius 2 is 2.04 bits per heavy atom. The number of benzene rings is 1. The van der Waals surface area contributed by atoms with E-state index in [0.29, 0.717) is 5.88 Å². The van der Waals surface area contributed by atoms with Gasteiger partial charge in [-0.15, -0.1) is 0 Å². The topological polar surface area (TPSA) is 95.7 Å². The van der Waals surface area contributed by atoms with Gasteiger partial charge < -0.3 is 19.5 Å². The number of piperidine rings is 1. The van der Waals surface area contributed by atoms with Crippen LogP contribution < -0.4 is 26.1 Å². The summed E-state index contributed by atoms with van der Waals surface area (Å²) in [6, 6.07) is 7.89.